The maximum absolute atomic E-state index is 12.5. The fraction of sp³-hybridized carbons (Fsp3) is 0.111. The van der Waals surface area contributed by atoms with Gasteiger partial charge in [0.05, 0.1) is 0 Å². The van der Waals surface area contributed by atoms with Crippen LogP contribution in [0.15, 0.2) is 55.1 Å². The zero-order chi connectivity index (χ0) is 15.4. The van der Waals surface area contributed by atoms with Crippen LogP contribution in [0.1, 0.15) is 31.8 Å². The molecule has 0 radical (unpaired) electrons. The molecule has 0 aromatic heterocycles. The molecule has 0 aliphatic carbocycles. The van der Waals surface area contributed by atoms with Gasteiger partial charge in [-0.1, -0.05) is 49.1 Å². The van der Waals surface area contributed by atoms with Gasteiger partial charge in [-0.2, -0.15) is 0 Å². The molecule has 0 fully saturated rings. The van der Waals surface area contributed by atoms with Crippen LogP contribution >= 0.6 is 0 Å². The summed E-state index contributed by atoms with van der Waals surface area (Å²) in [6, 6.07) is 14.3. The third-order valence-corrected chi connectivity index (χ3v) is 3.40. The summed E-state index contributed by atoms with van der Waals surface area (Å²) < 4.78 is 0. The molecule has 3 heteroatoms. The van der Waals surface area contributed by atoms with Crippen molar-refractivity contribution >= 4 is 17.9 Å². The maximum Gasteiger partial charge on any atom is 0.261 e. The average molecular weight is 279 g/mol. The summed E-state index contributed by atoms with van der Waals surface area (Å²) in [5.74, 6) is -0.643. The van der Waals surface area contributed by atoms with Gasteiger partial charge in [-0.3, -0.25) is 14.5 Å². The Labute approximate surface area is 124 Å². The van der Waals surface area contributed by atoms with Crippen LogP contribution in [0.2, 0.25) is 0 Å². The number of hydrogen-bond donors (Lipinski definition) is 0. The topological polar surface area (TPSA) is 37.4 Å². The van der Waals surface area contributed by atoms with Gasteiger partial charge in [0, 0.05) is 18.2 Å². The molecule has 0 spiro atoms. The Hall–Kier alpha value is -2.68. The summed E-state index contributed by atoms with van der Waals surface area (Å²) in [6.07, 6.45) is 1.61. The molecule has 21 heavy (non-hydrogen) atoms. The van der Waals surface area contributed by atoms with Crippen molar-refractivity contribution < 1.29 is 9.59 Å². The Morgan fingerprint density at radius 2 is 1.48 bits per heavy atom. The van der Waals surface area contributed by atoms with Gasteiger partial charge in [0.1, 0.15) is 0 Å². The highest BCUT2D eigenvalue weighted by atomic mass is 16.2. The second kappa shape index (κ2) is 6.18. The molecule has 0 saturated heterocycles. The molecule has 2 aromatic rings. The van der Waals surface area contributed by atoms with Crippen molar-refractivity contribution in [1.29, 1.82) is 0 Å². The van der Waals surface area contributed by atoms with E-state index in [0.29, 0.717) is 16.7 Å². The Bertz CT molecular complexity index is 704. The van der Waals surface area contributed by atoms with E-state index in [0.717, 1.165) is 10.5 Å². The van der Waals surface area contributed by atoms with Gasteiger partial charge in [-0.25, -0.2) is 0 Å². The lowest BCUT2D eigenvalue weighted by Gasteiger charge is -2.17. The lowest BCUT2D eigenvalue weighted by atomic mass is 10.0. The molecular weight excluding hydrogens is 262 g/mol. The Morgan fingerprint density at radius 3 is 2.10 bits per heavy atom. The Kier molecular flexibility index (Phi) is 4.33. The van der Waals surface area contributed by atoms with Gasteiger partial charge >= 0.3 is 0 Å². The summed E-state index contributed by atoms with van der Waals surface area (Å²) in [5.41, 5.74) is 2.56. The van der Waals surface area contributed by atoms with Crippen LogP contribution < -0.4 is 0 Å². The van der Waals surface area contributed by atoms with Crippen LogP contribution in [0, 0.1) is 6.92 Å². The molecule has 0 aliphatic rings. The highest BCUT2D eigenvalue weighted by Crippen LogP contribution is 2.15. The second-order valence-corrected chi connectivity index (χ2v) is 4.78. The quantitative estimate of drug-likeness (QED) is 0.806. The number of nitrogens with zero attached hydrogens (tertiary/aromatic N) is 1. The van der Waals surface area contributed by atoms with E-state index in [4.69, 9.17) is 0 Å². The summed E-state index contributed by atoms with van der Waals surface area (Å²) >= 11 is 0. The molecular formula is C18H17NO2. The van der Waals surface area contributed by atoms with E-state index < -0.39 is 0 Å². The SMILES string of the molecule is C=Cc1ccccc1C(=O)N(C)C(=O)c1ccccc1C. The number of carbonyl (C=O) groups excluding carboxylic acids is 2. The minimum atomic E-state index is -0.334. The summed E-state index contributed by atoms with van der Waals surface area (Å²) in [5, 5.41) is 0. The van der Waals surface area contributed by atoms with Gasteiger partial charge in [0.15, 0.2) is 0 Å². The number of hydrogen-bond acceptors (Lipinski definition) is 2. The largest absolute Gasteiger partial charge is 0.277 e. The normalized spacial score (nSPS) is 10.0. The molecule has 2 amide bonds. The van der Waals surface area contributed by atoms with E-state index in [9.17, 15) is 9.59 Å². The molecule has 0 saturated carbocycles. The third kappa shape index (κ3) is 2.92. The third-order valence-electron chi connectivity index (χ3n) is 3.40. The molecule has 0 N–H and O–H groups in total. The number of benzene rings is 2. The minimum Gasteiger partial charge on any atom is -0.277 e. The van der Waals surface area contributed by atoms with Crippen molar-refractivity contribution in [3.63, 3.8) is 0 Å². The van der Waals surface area contributed by atoms with Crippen molar-refractivity contribution in [2.75, 3.05) is 7.05 Å². The van der Waals surface area contributed by atoms with Crippen LogP contribution in [0.25, 0.3) is 6.08 Å². The van der Waals surface area contributed by atoms with Gasteiger partial charge in [0.2, 0.25) is 0 Å². The molecule has 0 atom stereocenters. The second-order valence-electron chi connectivity index (χ2n) is 4.78. The number of imide groups is 1. The lowest BCUT2D eigenvalue weighted by molar-refractivity contribution is 0.0655. The minimum absolute atomic E-state index is 0.308. The van der Waals surface area contributed by atoms with Crippen LogP contribution in [-0.4, -0.2) is 23.8 Å². The predicted molar refractivity (Wildman–Crippen MR) is 84.1 cm³/mol. The standard InChI is InChI=1S/C18H17NO2/c1-4-14-10-6-8-12-16(14)18(21)19(3)17(20)15-11-7-5-9-13(15)2/h4-12H,1H2,2-3H3. The van der Waals surface area contributed by atoms with E-state index >= 15 is 0 Å². The van der Waals surface area contributed by atoms with E-state index in [1.165, 1.54) is 7.05 Å². The molecule has 0 bridgehead atoms. The predicted octanol–water partition coefficient (Wildman–Crippen LogP) is 3.55. The number of carbonyl (C=O) groups is 2. The van der Waals surface area contributed by atoms with Crippen LogP contribution in [0.3, 0.4) is 0 Å². The molecule has 2 aromatic carbocycles. The lowest BCUT2D eigenvalue weighted by Crippen LogP contribution is -2.34. The zero-order valence-corrected chi connectivity index (χ0v) is 12.2. The highest BCUT2D eigenvalue weighted by Gasteiger charge is 2.22. The van der Waals surface area contributed by atoms with Crippen molar-refractivity contribution in [2.45, 2.75) is 6.92 Å². The molecule has 3 nitrogen and oxygen atoms in total. The highest BCUT2D eigenvalue weighted by molar-refractivity contribution is 6.11. The van der Waals surface area contributed by atoms with E-state index in [1.54, 1.807) is 36.4 Å². The van der Waals surface area contributed by atoms with Gasteiger partial charge in [0.25, 0.3) is 11.8 Å². The van der Waals surface area contributed by atoms with E-state index in [2.05, 4.69) is 6.58 Å². The van der Waals surface area contributed by atoms with E-state index in [1.807, 2.05) is 25.1 Å². The van der Waals surface area contributed by atoms with Crippen LogP contribution in [0.4, 0.5) is 0 Å². The monoisotopic (exact) mass is 279 g/mol. The number of amides is 2. The summed E-state index contributed by atoms with van der Waals surface area (Å²) in [4.78, 5) is 26.1. The van der Waals surface area contributed by atoms with Crippen molar-refractivity contribution in [3.8, 4) is 0 Å². The molecule has 106 valence electrons. The Balaban J connectivity index is 2.34. The number of aryl methyl sites for hydroxylation is 1. The Morgan fingerprint density at radius 1 is 0.952 bits per heavy atom. The molecule has 2 rings (SSSR count). The zero-order valence-electron chi connectivity index (χ0n) is 12.2. The first kappa shape index (κ1) is 14.7. The smallest absolute Gasteiger partial charge is 0.261 e. The first-order valence-electron chi connectivity index (χ1n) is 6.65. The van der Waals surface area contributed by atoms with Gasteiger partial charge in [-0.05, 0) is 30.2 Å². The summed E-state index contributed by atoms with van der Waals surface area (Å²) in [6.45, 7) is 5.55. The first-order chi connectivity index (χ1) is 10.1. The molecule has 0 aliphatic heterocycles. The maximum atomic E-state index is 12.5. The van der Waals surface area contributed by atoms with Gasteiger partial charge < -0.3 is 0 Å². The van der Waals surface area contributed by atoms with Gasteiger partial charge in [-0.15, -0.1) is 0 Å². The molecule has 0 unspecified atom stereocenters. The molecule has 0 heterocycles. The number of rotatable bonds is 3. The van der Waals surface area contributed by atoms with E-state index in [-0.39, 0.29) is 11.8 Å². The fourth-order valence-corrected chi connectivity index (χ4v) is 2.14. The fourth-order valence-electron chi connectivity index (χ4n) is 2.14. The first-order valence-corrected chi connectivity index (χ1v) is 6.65. The summed E-state index contributed by atoms with van der Waals surface area (Å²) in [7, 11) is 1.50. The van der Waals surface area contributed by atoms with Crippen molar-refractivity contribution in [1.82, 2.24) is 4.90 Å². The van der Waals surface area contributed by atoms with Crippen LogP contribution in [-0.2, 0) is 0 Å². The van der Waals surface area contributed by atoms with Crippen molar-refractivity contribution in [2.24, 2.45) is 0 Å². The average Bonchev–Trinajstić information content (AvgIpc) is 2.53. The van der Waals surface area contributed by atoms with Crippen molar-refractivity contribution in [3.05, 3.63) is 77.4 Å². The van der Waals surface area contributed by atoms with Crippen LogP contribution in [0.5, 0.6) is 0 Å².